The van der Waals surface area contributed by atoms with Crippen molar-refractivity contribution in [1.82, 2.24) is 0 Å². The number of carbonyl (C=O) groups excluding carboxylic acids is 1. The summed E-state index contributed by atoms with van der Waals surface area (Å²) < 4.78 is 0. The first-order valence-electron chi connectivity index (χ1n) is 5.99. The second-order valence-corrected chi connectivity index (χ2v) is 4.58. The van der Waals surface area contributed by atoms with E-state index < -0.39 is 0 Å². The number of amides is 1. The van der Waals surface area contributed by atoms with Crippen molar-refractivity contribution in [2.45, 2.75) is 13.8 Å². The van der Waals surface area contributed by atoms with Crippen LogP contribution in [0.25, 0.3) is 0 Å². The van der Waals surface area contributed by atoms with E-state index in [4.69, 9.17) is 0 Å². The molecule has 0 aromatic heterocycles. The number of aryl methyl sites for hydroxylation is 2. The number of carbonyl (C=O) groups is 1. The summed E-state index contributed by atoms with van der Waals surface area (Å²) in [7, 11) is 1.81. The molecule has 0 unspecified atom stereocenters. The molecule has 0 spiro atoms. The van der Waals surface area contributed by atoms with Crippen molar-refractivity contribution >= 4 is 11.6 Å². The van der Waals surface area contributed by atoms with Crippen molar-refractivity contribution < 1.29 is 4.79 Å². The van der Waals surface area contributed by atoms with Gasteiger partial charge in [-0.15, -0.1) is 0 Å². The van der Waals surface area contributed by atoms with Crippen LogP contribution in [-0.4, -0.2) is 13.0 Å². The molecule has 0 aliphatic rings. The summed E-state index contributed by atoms with van der Waals surface area (Å²) in [5.41, 5.74) is 3.97. The smallest absolute Gasteiger partial charge is 0.258 e. The Hall–Kier alpha value is -2.09. The quantitative estimate of drug-likeness (QED) is 0.784. The SMILES string of the molecule is Cc1cc(C)cc(N(C)C(=O)c2ccccc2)c1. The van der Waals surface area contributed by atoms with Crippen molar-refractivity contribution in [3.05, 3.63) is 65.2 Å². The summed E-state index contributed by atoms with van der Waals surface area (Å²) in [5.74, 6) is 0.0144. The van der Waals surface area contributed by atoms with Crippen molar-refractivity contribution in [3.8, 4) is 0 Å². The first kappa shape index (κ1) is 12.4. The second kappa shape index (κ2) is 5.05. The van der Waals surface area contributed by atoms with Crippen LogP contribution in [0.3, 0.4) is 0 Å². The molecule has 2 aromatic rings. The molecule has 0 N–H and O–H groups in total. The van der Waals surface area contributed by atoms with Crippen LogP contribution in [0.15, 0.2) is 48.5 Å². The highest BCUT2D eigenvalue weighted by atomic mass is 16.2. The lowest BCUT2D eigenvalue weighted by molar-refractivity contribution is 0.0993. The molecule has 0 saturated carbocycles. The first-order valence-corrected chi connectivity index (χ1v) is 5.99. The molecule has 92 valence electrons. The third kappa shape index (κ3) is 2.59. The van der Waals surface area contributed by atoms with Crippen LogP contribution in [-0.2, 0) is 0 Å². The molecule has 2 heteroatoms. The van der Waals surface area contributed by atoms with E-state index in [9.17, 15) is 4.79 Å². The molecule has 0 bridgehead atoms. The molecule has 1 amide bonds. The van der Waals surface area contributed by atoms with Crippen molar-refractivity contribution in [2.24, 2.45) is 0 Å². The summed E-state index contributed by atoms with van der Waals surface area (Å²) in [6.07, 6.45) is 0. The van der Waals surface area contributed by atoms with Gasteiger partial charge in [0.1, 0.15) is 0 Å². The van der Waals surface area contributed by atoms with Gasteiger partial charge in [0.15, 0.2) is 0 Å². The Bertz CT molecular complexity index is 540. The summed E-state index contributed by atoms with van der Waals surface area (Å²) in [4.78, 5) is 14.0. The minimum Gasteiger partial charge on any atom is -0.311 e. The lowest BCUT2D eigenvalue weighted by Gasteiger charge is -2.18. The van der Waals surface area contributed by atoms with Crippen molar-refractivity contribution in [1.29, 1.82) is 0 Å². The average molecular weight is 239 g/mol. The van der Waals surface area contributed by atoms with Gasteiger partial charge in [0.2, 0.25) is 0 Å². The van der Waals surface area contributed by atoms with E-state index in [1.165, 1.54) is 0 Å². The fraction of sp³-hybridized carbons (Fsp3) is 0.188. The van der Waals surface area contributed by atoms with Crippen LogP contribution in [0.5, 0.6) is 0 Å². The van der Waals surface area contributed by atoms with Gasteiger partial charge in [-0.1, -0.05) is 24.3 Å². The maximum absolute atomic E-state index is 12.3. The first-order chi connectivity index (χ1) is 8.58. The van der Waals surface area contributed by atoms with E-state index in [1.807, 2.05) is 63.4 Å². The third-order valence-electron chi connectivity index (χ3n) is 2.92. The molecule has 2 nitrogen and oxygen atoms in total. The molecule has 0 aliphatic heterocycles. The predicted molar refractivity (Wildman–Crippen MR) is 75.1 cm³/mol. The molecule has 0 aliphatic carbocycles. The zero-order valence-corrected chi connectivity index (χ0v) is 11.0. The summed E-state index contributed by atoms with van der Waals surface area (Å²) in [5, 5.41) is 0. The number of hydrogen-bond acceptors (Lipinski definition) is 1. The highest BCUT2D eigenvalue weighted by Crippen LogP contribution is 2.19. The Morgan fingerprint density at radius 3 is 2.06 bits per heavy atom. The predicted octanol–water partition coefficient (Wildman–Crippen LogP) is 3.58. The lowest BCUT2D eigenvalue weighted by atomic mass is 10.1. The van der Waals surface area contributed by atoms with Crippen molar-refractivity contribution in [3.63, 3.8) is 0 Å². The number of nitrogens with zero attached hydrogens (tertiary/aromatic N) is 1. The van der Waals surface area contributed by atoms with E-state index in [-0.39, 0.29) is 5.91 Å². The largest absolute Gasteiger partial charge is 0.311 e. The van der Waals surface area contributed by atoms with Crippen LogP contribution in [0.4, 0.5) is 5.69 Å². The molecule has 0 fully saturated rings. The van der Waals surface area contributed by atoms with E-state index in [0.717, 1.165) is 16.8 Å². The fourth-order valence-electron chi connectivity index (χ4n) is 2.04. The molecule has 2 rings (SSSR count). The van der Waals surface area contributed by atoms with Gasteiger partial charge in [-0.2, -0.15) is 0 Å². The van der Waals surface area contributed by atoms with Crippen LogP contribution in [0.2, 0.25) is 0 Å². The molecular weight excluding hydrogens is 222 g/mol. The highest BCUT2D eigenvalue weighted by molar-refractivity contribution is 6.05. The van der Waals surface area contributed by atoms with Gasteiger partial charge in [-0.25, -0.2) is 0 Å². The summed E-state index contributed by atoms with van der Waals surface area (Å²) >= 11 is 0. The van der Waals surface area contributed by atoms with Crippen LogP contribution in [0.1, 0.15) is 21.5 Å². The van der Waals surface area contributed by atoms with Crippen LogP contribution in [0, 0.1) is 13.8 Å². The normalized spacial score (nSPS) is 10.2. The van der Waals surface area contributed by atoms with Gasteiger partial charge in [-0.3, -0.25) is 4.79 Å². The van der Waals surface area contributed by atoms with Gasteiger partial charge in [0.05, 0.1) is 0 Å². The molecule has 0 heterocycles. The maximum atomic E-state index is 12.3. The number of benzene rings is 2. The minimum absolute atomic E-state index is 0.0144. The topological polar surface area (TPSA) is 20.3 Å². The summed E-state index contributed by atoms with van der Waals surface area (Å²) in [6.45, 7) is 4.08. The summed E-state index contributed by atoms with van der Waals surface area (Å²) in [6, 6.07) is 15.5. The second-order valence-electron chi connectivity index (χ2n) is 4.58. The van der Waals surface area contributed by atoms with Gasteiger partial charge in [0.25, 0.3) is 5.91 Å². The van der Waals surface area contributed by atoms with E-state index in [1.54, 1.807) is 4.90 Å². The fourth-order valence-corrected chi connectivity index (χ4v) is 2.04. The van der Waals surface area contributed by atoms with Gasteiger partial charge in [-0.05, 0) is 49.2 Å². The zero-order chi connectivity index (χ0) is 13.1. The van der Waals surface area contributed by atoms with Gasteiger partial charge >= 0.3 is 0 Å². The molecule has 0 saturated heterocycles. The molecular formula is C16H17NO. The minimum atomic E-state index is 0.0144. The molecule has 2 aromatic carbocycles. The standard InChI is InChI=1S/C16H17NO/c1-12-9-13(2)11-15(10-12)17(3)16(18)14-7-5-4-6-8-14/h4-11H,1-3H3. The third-order valence-corrected chi connectivity index (χ3v) is 2.92. The van der Waals surface area contributed by atoms with Crippen LogP contribution < -0.4 is 4.90 Å². The highest BCUT2D eigenvalue weighted by Gasteiger charge is 2.13. The molecule has 18 heavy (non-hydrogen) atoms. The van der Waals surface area contributed by atoms with E-state index >= 15 is 0 Å². The van der Waals surface area contributed by atoms with Gasteiger partial charge < -0.3 is 4.90 Å². The van der Waals surface area contributed by atoms with Gasteiger partial charge in [0, 0.05) is 18.3 Å². The number of anilines is 1. The van der Waals surface area contributed by atoms with E-state index in [0.29, 0.717) is 5.56 Å². The van der Waals surface area contributed by atoms with E-state index in [2.05, 4.69) is 6.07 Å². The Morgan fingerprint density at radius 1 is 0.944 bits per heavy atom. The molecule has 0 radical (unpaired) electrons. The molecule has 0 atom stereocenters. The Balaban J connectivity index is 2.31. The Kier molecular flexibility index (Phi) is 3.47. The number of hydrogen-bond donors (Lipinski definition) is 0. The average Bonchev–Trinajstić information content (AvgIpc) is 2.37. The Labute approximate surface area is 108 Å². The number of rotatable bonds is 2. The maximum Gasteiger partial charge on any atom is 0.258 e. The monoisotopic (exact) mass is 239 g/mol. The van der Waals surface area contributed by atoms with Crippen molar-refractivity contribution in [2.75, 3.05) is 11.9 Å². The zero-order valence-electron chi connectivity index (χ0n) is 11.0. The Morgan fingerprint density at radius 2 is 1.50 bits per heavy atom. The lowest BCUT2D eigenvalue weighted by Crippen LogP contribution is -2.26. The van der Waals surface area contributed by atoms with Crippen LogP contribution >= 0.6 is 0 Å².